The average Bonchev–Trinajstić information content (AvgIpc) is 3.16. The Morgan fingerprint density at radius 3 is 2.72 bits per heavy atom. The Labute approximate surface area is 168 Å². The molecule has 3 aromatic rings. The number of benzene rings is 2. The van der Waals surface area contributed by atoms with Crippen LogP contribution in [0, 0.1) is 10.1 Å². The maximum Gasteiger partial charge on any atom is 0.293 e. The summed E-state index contributed by atoms with van der Waals surface area (Å²) in [5.41, 5.74) is 2.07. The molecule has 0 saturated carbocycles. The van der Waals surface area contributed by atoms with Crippen LogP contribution in [0.25, 0.3) is 0 Å². The number of nitro benzene ring substituents is 1. The van der Waals surface area contributed by atoms with E-state index in [0.717, 1.165) is 11.4 Å². The standard InChI is InChI=1S/C21H23N5O3/c1-14(2)20-23-9-10-25(20)13-15-5-4-6-17(11-15)24-21(27)16-7-8-18(22-3)19(12-16)26(28)29/h4-12,14,22H,13H2,1-3H3,(H,24,27). The highest BCUT2D eigenvalue weighted by Crippen LogP contribution is 2.25. The minimum atomic E-state index is -0.513. The molecule has 1 heterocycles. The quantitative estimate of drug-likeness (QED) is 0.461. The van der Waals surface area contributed by atoms with Crippen molar-refractivity contribution in [1.29, 1.82) is 0 Å². The summed E-state index contributed by atoms with van der Waals surface area (Å²) in [4.78, 5) is 27.7. The van der Waals surface area contributed by atoms with E-state index in [2.05, 4.69) is 34.0 Å². The fraction of sp³-hybridized carbons (Fsp3) is 0.238. The van der Waals surface area contributed by atoms with Crippen LogP contribution in [0.2, 0.25) is 0 Å². The first kappa shape index (κ1) is 20.1. The number of amides is 1. The van der Waals surface area contributed by atoms with Crippen LogP contribution in [0.3, 0.4) is 0 Å². The lowest BCUT2D eigenvalue weighted by atomic mass is 10.1. The maximum absolute atomic E-state index is 12.6. The molecule has 0 bridgehead atoms. The van der Waals surface area contributed by atoms with Crippen molar-refractivity contribution in [1.82, 2.24) is 9.55 Å². The molecular weight excluding hydrogens is 370 g/mol. The molecule has 0 atom stereocenters. The molecule has 0 radical (unpaired) electrons. The van der Waals surface area contributed by atoms with E-state index < -0.39 is 10.8 Å². The summed E-state index contributed by atoms with van der Waals surface area (Å²) in [5, 5.41) is 16.8. The molecule has 1 amide bonds. The number of carbonyl (C=O) groups is 1. The molecule has 29 heavy (non-hydrogen) atoms. The monoisotopic (exact) mass is 393 g/mol. The van der Waals surface area contributed by atoms with Gasteiger partial charge in [0.15, 0.2) is 0 Å². The minimum Gasteiger partial charge on any atom is -0.383 e. The Morgan fingerprint density at radius 1 is 1.24 bits per heavy atom. The van der Waals surface area contributed by atoms with Gasteiger partial charge in [-0.3, -0.25) is 14.9 Å². The summed E-state index contributed by atoms with van der Waals surface area (Å²) in [7, 11) is 1.60. The topological polar surface area (TPSA) is 102 Å². The summed E-state index contributed by atoms with van der Waals surface area (Å²) in [5.74, 6) is 0.902. The zero-order valence-corrected chi connectivity index (χ0v) is 16.5. The summed E-state index contributed by atoms with van der Waals surface area (Å²) >= 11 is 0. The fourth-order valence-electron chi connectivity index (χ4n) is 3.14. The smallest absolute Gasteiger partial charge is 0.293 e. The second kappa shape index (κ2) is 8.55. The van der Waals surface area contributed by atoms with Gasteiger partial charge in [-0.15, -0.1) is 0 Å². The normalized spacial score (nSPS) is 10.8. The van der Waals surface area contributed by atoms with E-state index in [1.165, 1.54) is 12.1 Å². The highest BCUT2D eigenvalue weighted by molar-refractivity contribution is 6.05. The second-order valence-corrected chi connectivity index (χ2v) is 6.96. The van der Waals surface area contributed by atoms with E-state index >= 15 is 0 Å². The first-order valence-electron chi connectivity index (χ1n) is 9.26. The van der Waals surface area contributed by atoms with Gasteiger partial charge in [0.1, 0.15) is 11.5 Å². The minimum absolute atomic E-state index is 0.143. The summed E-state index contributed by atoms with van der Waals surface area (Å²) < 4.78 is 2.07. The predicted molar refractivity (Wildman–Crippen MR) is 112 cm³/mol. The molecule has 150 valence electrons. The molecule has 3 rings (SSSR count). The number of rotatable bonds is 7. The van der Waals surface area contributed by atoms with Crippen LogP contribution >= 0.6 is 0 Å². The molecule has 8 heteroatoms. The third-order valence-corrected chi connectivity index (χ3v) is 4.53. The van der Waals surface area contributed by atoms with Gasteiger partial charge in [-0.1, -0.05) is 26.0 Å². The first-order valence-corrected chi connectivity index (χ1v) is 9.26. The van der Waals surface area contributed by atoms with E-state index in [4.69, 9.17) is 0 Å². The van der Waals surface area contributed by atoms with Crippen LogP contribution in [0.4, 0.5) is 17.1 Å². The van der Waals surface area contributed by atoms with Crippen LogP contribution < -0.4 is 10.6 Å². The number of hydrogen-bond acceptors (Lipinski definition) is 5. The van der Waals surface area contributed by atoms with Gasteiger partial charge in [0.05, 0.1) is 4.92 Å². The summed E-state index contributed by atoms with van der Waals surface area (Å²) in [6.07, 6.45) is 3.71. The molecule has 0 aliphatic heterocycles. The highest BCUT2D eigenvalue weighted by atomic mass is 16.6. The molecule has 0 spiro atoms. The number of hydrogen-bond donors (Lipinski definition) is 2. The average molecular weight is 393 g/mol. The molecule has 1 aromatic heterocycles. The van der Waals surface area contributed by atoms with Gasteiger partial charge >= 0.3 is 0 Å². The van der Waals surface area contributed by atoms with Gasteiger partial charge < -0.3 is 15.2 Å². The highest BCUT2D eigenvalue weighted by Gasteiger charge is 2.17. The van der Waals surface area contributed by atoms with Crippen LogP contribution in [0.15, 0.2) is 54.9 Å². The fourth-order valence-corrected chi connectivity index (χ4v) is 3.14. The number of imidazole rings is 1. The van der Waals surface area contributed by atoms with Gasteiger partial charge in [0, 0.05) is 49.2 Å². The van der Waals surface area contributed by atoms with Crippen molar-refractivity contribution in [3.05, 3.63) is 81.9 Å². The van der Waals surface area contributed by atoms with Crippen LogP contribution in [0.1, 0.15) is 41.5 Å². The van der Waals surface area contributed by atoms with E-state index in [1.54, 1.807) is 25.4 Å². The number of aromatic nitrogens is 2. The Balaban J connectivity index is 1.78. The van der Waals surface area contributed by atoms with Gasteiger partial charge in [0.25, 0.3) is 11.6 Å². The number of nitrogens with zero attached hydrogens (tertiary/aromatic N) is 3. The summed E-state index contributed by atoms with van der Waals surface area (Å²) in [6, 6.07) is 11.9. The first-order chi connectivity index (χ1) is 13.9. The SMILES string of the molecule is CNc1ccc(C(=O)Nc2cccc(Cn3ccnc3C(C)C)c2)cc1[N+](=O)[O-]. The molecular formula is C21H23N5O3. The molecule has 0 aliphatic carbocycles. The summed E-state index contributed by atoms with van der Waals surface area (Å²) in [6.45, 7) is 4.82. The Hall–Kier alpha value is -3.68. The molecule has 8 nitrogen and oxygen atoms in total. The van der Waals surface area contributed by atoms with Gasteiger partial charge in [-0.2, -0.15) is 0 Å². The zero-order chi connectivity index (χ0) is 21.0. The van der Waals surface area contributed by atoms with E-state index in [1.807, 2.05) is 24.4 Å². The molecule has 0 fully saturated rings. The number of nitrogens with one attached hydrogen (secondary N) is 2. The molecule has 2 N–H and O–H groups in total. The van der Waals surface area contributed by atoms with Crippen molar-refractivity contribution in [2.24, 2.45) is 0 Å². The third-order valence-electron chi connectivity index (χ3n) is 4.53. The molecule has 0 saturated heterocycles. The lowest BCUT2D eigenvalue weighted by molar-refractivity contribution is -0.384. The lowest BCUT2D eigenvalue weighted by Gasteiger charge is -2.12. The Kier molecular flexibility index (Phi) is 5.92. The number of carbonyl (C=O) groups excluding carboxylic acids is 1. The van der Waals surface area contributed by atoms with Crippen molar-refractivity contribution in [2.45, 2.75) is 26.3 Å². The van der Waals surface area contributed by atoms with Crippen LogP contribution in [-0.2, 0) is 6.54 Å². The number of nitro groups is 1. The van der Waals surface area contributed by atoms with Crippen molar-refractivity contribution in [3.63, 3.8) is 0 Å². The van der Waals surface area contributed by atoms with Gasteiger partial charge in [0.2, 0.25) is 0 Å². The maximum atomic E-state index is 12.6. The van der Waals surface area contributed by atoms with Crippen molar-refractivity contribution < 1.29 is 9.72 Å². The molecule has 0 aliphatic rings. The van der Waals surface area contributed by atoms with E-state index in [9.17, 15) is 14.9 Å². The number of anilines is 2. The zero-order valence-electron chi connectivity index (χ0n) is 16.5. The Bertz CT molecular complexity index is 1040. The lowest BCUT2D eigenvalue weighted by Crippen LogP contribution is -2.13. The molecule has 2 aromatic carbocycles. The third kappa shape index (κ3) is 4.60. The second-order valence-electron chi connectivity index (χ2n) is 6.96. The Morgan fingerprint density at radius 2 is 2.03 bits per heavy atom. The predicted octanol–water partition coefficient (Wildman–Crippen LogP) is 4.26. The van der Waals surface area contributed by atoms with Crippen molar-refractivity contribution in [2.75, 3.05) is 17.7 Å². The van der Waals surface area contributed by atoms with Crippen molar-refractivity contribution in [3.8, 4) is 0 Å². The van der Waals surface area contributed by atoms with Gasteiger partial charge in [-0.25, -0.2) is 4.98 Å². The largest absolute Gasteiger partial charge is 0.383 e. The van der Waals surface area contributed by atoms with Crippen molar-refractivity contribution >= 4 is 23.0 Å². The van der Waals surface area contributed by atoms with Crippen LogP contribution in [0.5, 0.6) is 0 Å². The van der Waals surface area contributed by atoms with Gasteiger partial charge in [-0.05, 0) is 29.8 Å². The van der Waals surface area contributed by atoms with E-state index in [-0.39, 0.29) is 11.3 Å². The van der Waals surface area contributed by atoms with Crippen LogP contribution in [-0.4, -0.2) is 27.4 Å². The molecule has 0 unspecified atom stereocenters. The van der Waals surface area contributed by atoms with E-state index in [0.29, 0.717) is 23.8 Å².